The van der Waals surface area contributed by atoms with Crippen molar-refractivity contribution in [1.82, 2.24) is 0 Å². The van der Waals surface area contributed by atoms with E-state index in [-0.39, 0.29) is 18.2 Å². The fourth-order valence-electron chi connectivity index (χ4n) is 2.04. The molecule has 2 N–H and O–H groups in total. The largest absolute Gasteiger partial charge is 0.326 e. The SMILES string of the molecule is CC1CS(=O)(=O)c2c(CN)cccc21. The molecule has 1 aromatic rings. The van der Waals surface area contributed by atoms with Crippen LogP contribution in [-0.2, 0) is 16.4 Å². The van der Waals surface area contributed by atoms with E-state index in [4.69, 9.17) is 5.73 Å². The monoisotopic (exact) mass is 211 g/mol. The van der Waals surface area contributed by atoms with Gasteiger partial charge in [-0.15, -0.1) is 0 Å². The Labute approximate surface area is 83.9 Å². The van der Waals surface area contributed by atoms with Gasteiger partial charge in [0, 0.05) is 6.54 Å². The molecule has 1 unspecified atom stereocenters. The maximum atomic E-state index is 11.8. The summed E-state index contributed by atoms with van der Waals surface area (Å²) < 4.78 is 23.6. The van der Waals surface area contributed by atoms with Crippen LogP contribution in [0, 0.1) is 0 Å². The molecule has 0 saturated carbocycles. The summed E-state index contributed by atoms with van der Waals surface area (Å²) in [5.74, 6) is 0.320. The maximum absolute atomic E-state index is 11.8. The second-order valence-electron chi connectivity index (χ2n) is 3.72. The van der Waals surface area contributed by atoms with Crippen LogP contribution in [0.4, 0.5) is 0 Å². The molecule has 0 radical (unpaired) electrons. The van der Waals surface area contributed by atoms with E-state index in [1.54, 1.807) is 6.07 Å². The van der Waals surface area contributed by atoms with Crippen molar-refractivity contribution in [1.29, 1.82) is 0 Å². The lowest BCUT2D eigenvalue weighted by atomic mass is 10.0. The summed E-state index contributed by atoms with van der Waals surface area (Å²) in [5.41, 5.74) is 7.19. The van der Waals surface area contributed by atoms with Gasteiger partial charge in [0.05, 0.1) is 10.6 Å². The van der Waals surface area contributed by atoms with Gasteiger partial charge in [0.15, 0.2) is 9.84 Å². The lowest BCUT2D eigenvalue weighted by Gasteiger charge is -2.05. The molecular weight excluding hydrogens is 198 g/mol. The molecule has 0 aliphatic carbocycles. The molecule has 76 valence electrons. The standard InChI is InChI=1S/C10H13NO2S/c1-7-6-14(12,13)10-8(5-11)3-2-4-9(7)10/h2-4,7H,5-6,11H2,1H3. The lowest BCUT2D eigenvalue weighted by molar-refractivity contribution is 0.597. The van der Waals surface area contributed by atoms with Gasteiger partial charge in [-0.05, 0) is 17.0 Å². The van der Waals surface area contributed by atoms with Crippen molar-refractivity contribution in [3.8, 4) is 0 Å². The van der Waals surface area contributed by atoms with E-state index < -0.39 is 9.84 Å². The highest BCUT2D eigenvalue weighted by molar-refractivity contribution is 7.91. The summed E-state index contributed by atoms with van der Waals surface area (Å²) in [5, 5.41) is 0. The van der Waals surface area contributed by atoms with Crippen LogP contribution in [0.1, 0.15) is 24.0 Å². The lowest BCUT2D eigenvalue weighted by Crippen LogP contribution is -2.06. The van der Waals surface area contributed by atoms with Crippen molar-refractivity contribution in [2.45, 2.75) is 24.3 Å². The number of nitrogens with two attached hydrogens (primary N) is 1. The van der Waals surface area contributed by atoms with E-state index in [9.17, 15) is 8.42 Å². The van der Waals surface area contributed by atoms with Crippen LogP contribution in [-0.4, -0.2) is 14.2 Å². The first-order chi connectivity index (χ1) is 6.56. The van der Waals surface area contributed by atoms with E-state index in [1.807, 2.05) is 19.1 Å². The minimum absolute atomic E-state index is 0.0986. The maximum Gasteiger partial charge on any atom is 0.179 e. The second-order valence-corrected chi connectivity index (χ2v) is 5.69. The van der Waals surface area contributed by atoms with Crippen LogP contribution >= 0.6 is 0 Å². The first-order valence-corrected chi connectivity index (χ1v) is 6.26. The van der Waals surface area contributed by atoms with E-state index in [0.29, 0.717) is 4.90 Å². The first kappa shape index (κ1) is 9.68. The van der Waals surface area contributed by atoms with Crippen molar-refractivity contribution >= 4 is 9.84 Å². The van der Waals surface area contributed by atoms with E-state index >= 15 is 0 Å². The quantitative estimate of drug-likeness (QED) is 0.755. The molecule has 0 saturated heterocycles. The Morgan fingerprint density at radius 1 is 1.50 bits per heavy atom. The topological polar surface area (TPSA) is 60.2 Å². The Morgan fingerprint density at radius 3 is 2.86 bits per heavy atom. The van der Waals surface area contributed by atoms with Gasteiger partial charge in [0.25, 0.3) is 0 Å². The third kappa shape index (κ3) is 1.26. The molecule has 0 fully saturated rings. The van der Waals surface area contributed by atoms with E-state index in [2.05, 4.69) is 0 Å². The van der Waals surface area contributed by atoms with Gasteiger partial charge in [-0.3, -0.25) is 0 Å². The van der Waals surface area contributed by atoms with Crippen LogP contribution in [0.25, 0.3) is 0 Å². The molecule has 4 heteroatoms. The number of benzene rings is 1. The predicted molar refractivity (Wildman–Crippen MR) is 54.8 cm³/mol. The van der Waals surface area contributed by atoms with Gasteiger partial charge in [-0.1, -0.05) is 25.1 Å². The smallest absolute Gasteiger partial charge is 0.179 e. The molecule has 0 amide bonds. The van der Waals surface area contributed by atoms with Crippen LogP contribution in [0.2, 0.25) is 0 Å². The molecule has 0 aromatic heterocycles. The third-order valence-electron chi connectivity index (χ3n) is 2.66. The van der Waals surface area contributed by atoms with Gasteiger partial charge in [-0.2, -0.15) is 0 Å². The second kappa shape index (κ2) is 3.07. The van der Waals surface area contributed by atoms with Crippen LogP contribution in [0.3, 0.4) is 0 Å². The molecular formula is C10H13NO2S. The van der Waals surface area contributed by atoms with Gasteiger partial charge < -0.3 is 5.73 Å². The van der Waals surface area contributed by atoms with E-state index in [0.717, 1.165) is 11.1 Å². The summed E-state index contributed by atoms with van der Waals surface area (Å²) in [6.45, 7) is 2.22. The minimum Gasteiger partial charge on any atom is -0.326 e. The molecule has 3 nitrogen and oxygen atoms in total. The van der Waals surface area contributed by atoms with Crippen LogP contribution in [0.5, 0.6) is 0 Å². The molecule has 1 aromatic carbocycles. The number of hydrogen-bond acceptors (Lipinski definition) is 3. The number of fused-ring (bicyclic) bond motifs is 1. The van der Waals surface area contributed by atoms with Crippen molar-refractivity contribution in [3.63, 3.8) is 0 Å². The zero-order valence-electron chi connectivity index (χ0n) is 8.03. The third-order valence-corrected chi connectivity index (χ3v) is 4.72. The molecule has 1 atom stereocenters. The van der Waals surface area contributed by atoms with Crippen molar-refractivity contribution in [2.75, 3.05) is 5.75 Å². The fraction of sp³-hybridized carbons (Fsp3) is 0.400. The Hall–Kier alpha value is -0.870. The summed E-state index contributed by atoms with van der Waals surface area (Å²) in [4.78, 5) is 0.481. The number of sulfone groups is 1. The van der Waals surface area contributed by atoms with Crippen molar-refractivity contribution in [3.05, 3.63) is 29.3 Å². The normalized spacial score (nSPS) is 23.4. The molecule has 1 heterocycles. The Kier molecular flexibility index (Phi) is 2.12. The number of hydrogen-bond donors (Lipinski definition) is 1. The highest BCUT2D eigenvalue weighted by Crippen LogP contribution is 2.36. The predicted octanol–water partition coefficient (Wildman–Crippen LogP) is 1.04. The summed E-state index contributed by atoms with van der Waals surface area (Å²) in [6.07, 6.45) is 0. The zero-order chi connectivity index (χ0) is 10.3. The zero-order valence-corrected chi connectivity index (χ0v) is 8.84. The van der Waals surface area contributed by atoms with E-state index in [1.165, 1.54) is 0 Å². The average Bonchev–Trinajstić information content (AvgIpc) is 2.38. The van der Waals surface area contributed by atoms with Crippen LogP contribution in [0.15, 0.2) is 23.1 Å². The van der Waals surface area contributed by atoms with Gasteiger partial charge in [-0.25, -0.2) is 8.42 Å². The number of rotatable bonds is 1. The molecule has 14 heavy (non-hydrogen) atoms. The molecule has 0 bridgehead atoms. The van der Waals surface area contributed by atoms with Crippen molar-refractivity contribution < 1.29 is 8.42 Å². The Morgan fingerprint density at radius 2 is 2.21 bits per heavy atom. The minimum atomic E-state index is -3.08. The molecule has 1 aliphatic heterocycles. The molecule has 0 spiro atoms. The fourth-order valence-corrected chi connectivity index (χ4v) is 4.22. The first-order valence-electron chi connectivity index (χ1n) is 4.61. The van der Waals surface area contributed by atoms with Crippen molar-refractivity contribution in [2.24, 2.45) is 5.73 Å². The average molecular weight is 211 g/mol. The Balaban J connectivity index is 2.76. The summed E-state index contributed by atoms with van der Waals surface area (Å²) in [6, 6.07) is 5.54. The van der Waals surface area contributed by atoms with Crippen LogP contribution < -0.4 is 5.73 Å². The highest BCUT2D eigenvalue weighted by atomic mass is 32.2. The van der Waals surface area contributed by atoms with Gasteiger partial charge >= 0.3 is 0 Å². The molecule has 2 rings (SSSR count). The Bertz CT molecular complexity index is 465. The summed E-state index contributed by atoms with van der Waals surface area (Å²) in [7, 11) is -3.08. The highest BCUT2D eigenvalue weighted by Gasteiger charge is 2.33. The van der Waals surface area contributed by atoms with Gasteiger partial charge in [0.1, 0.15) is 0 Å². The molecule has 1 aliphatic rings. The summed E-state index contributed by atoms with van der Waals surface area (Å²) >= 11 is 0. The van der Waals surface area contributed by atoms with Gasteiger partial charge in [0.2, 0.25) is 0 Å².